The number of aryl methyl sites for hydroxylation is 2. The van der Waals surface area contributed by atoms with Crippen LogP contribution in [0, 0.1) is 12.7 Å². The Morgan fingerprint density at radius 1 is 1.39 bits per heavy atom. The van der Waals surface area contributed by atoms with Gasteiger partial charge in [-0.1, -0.05) is 15.9 Å². The van der Waals surface area contributed by atoms with Crippen LogP contribution in [0.15, 0.2) is 33.4 Å². The van der Waals surface area contributed by atoms with Crippen LogP contribution < -0.4 is 5.32 Å². The number of carbonyl (C=O) groups is 1. The molecule has 0 unspecified atom stereocenters. The van der Waals surface area contributed by atoms with Crippen LogP contribution >= 0.6 is 15.9 Å². The van der Waals surface area contributed by atoms with Gasteiger partial charge in [0, 0.05) is 11.5 Å². The molecule has 9 heteroatoms. The topological polar surface area (TPSA) is 85.8 Å². The van der Waals surface area contributed by atoms with Crippen LogP contribution in [-0.2, 0) is 7.05 Å². The predicted molar refractivity (Wildman–Crippen MR) is 83.3 cm³/mol. The molecular weight excluding hydrogens is 369 g/mol. The number of hydrogen-bond donors (Lipinski definition) is 1. The number of halogens is 2. The van der Waals surface area contributed by atoms with Crippen molar-refractivity contribution >= 4 is 27.8 Å². The van der Waals surface area contributed by atoms with E-state index in [0.29, 0.717) is 10.3 Å². The third-order valence-corrected chi connectivity index (χ3v) is 3.60. The van der Waals surface area contributed by atoms with Crippen molar-refractivity contribution in [3.8, 4) is 11.5 Å². The van der Waals surface area contributed by atoms with Crippen molar-refractivity contribution in [1.82, 2.24) is 19.7 Å². The zero-order chi connectivity index (χ0) is 16.6. The predicted octanol–water partition coefficient (Wildman–Crippen LogP) is 2.93. The van der Waals surface area contributed by atoms with Crippen molar-refractivity contribution in [3.05, 3.63) is 46.3 Å². The summed E-state index contributed by atoms with van der Waals surface area (Å²) in [6.45, 7) is 1.76. The van der Waals surface area contributed by atoms with Gasteiger partial charge < -0.3 is 4.42 Å². The summed E-state index contributed by atoms with van der Waals surface area (Å²) in [6.07, 6.45) is 1.15. The molecule has 0 atom stereocenters. The Hall–Kier alpha value is -2.55. The molecule has 7 nitrogen and oxygen atoms in total. The Morgan fingerprint density at radius 2 is 2.17 bits per heavy atom. The number of nitrogens with zero attached hydrogens (tertiary/aromatic N) is 4. The molecule has 3 aromatic rings. The van der Waals surface area contributed by atoms with Gasteiger partial charge in [-0.3, -0.25) is 14.8 Å². The molecule has 0 spiro atoms. The fraction of sp³-hybridized carbons (Fsp3) is 0.143. The normalized spacial score (nSPS) is 10.8. The number of anilines is 1. The van der Waals surface area contributed by atoms with Crippen molar-refractivity contribution in [3.63, 3.8) is 0 Å². The Kier molecular flexibility index (Phi) is 3.95. The lowest BCUT2D eigenvalue weighted by atomic mass is 10.2. The molecule has 0 aliphatic heterocycles. The average Bonchev–Trinajstić information content (AvgIpc) is 3.07. The summed E-state index contributed by atoms with van der Waals surface area (Å²) in [5.74, 6) is -0.212. The molecule has 0 aliphatic carbocycles. The fourth-order valence-electron chi connectivity index (χ4n) is 1.85. The highest BCUT2D eigenvalue weighted by Crippen LogP contribution is 2.25. The summed E-state index contributed by atoms with van der Waals surface area (Å²) in [5, 5.41) is 6.52. The second-order valence-corrected chi connectivity index (χ2v) is 5.64. The number of nitrogens with one attached hydrogen (secondary N) is 1. The highest BCUT2D eigenvalue weighted by Gasteiger charge is 2.17. The molecule has 1 N–H and O–H groups in total. The molecule has 0 bridgehead atoms. The lowest BCUT2D eigenvalue weighted by Crippen LogP contribution is -2.13. The Morgan fingerprint density at radius 3 is 2.83 bits per heavy atom. The molecule has 2 heterocycles. The summed E-state index contributed by atoms with van der Waals surface area (Å²) < 4.78 is 21.2. The number of benzene rings is 1. The lowest BCUT2D eigenvalue weighted by Gasteiger charge is -1.98. The first kappa shape index (κ1) is 15.3. The molecule has 2 aromatic heterocycles. The van der Waals surface area contributed by atoms with Gasteiger partial charge >= 0.3 is 0 Å². The van der Waals surface area contributed by atoms with Gasteiger partial charge in [-0.25, -0.2) is 9.37 Å². The van der Waals surface area contributed by atoms with Gasteiger partial charge in [0.1, 0.15) is 17.9 Å². The van der Waals surface area contributed by atoms with Gasteiger partial charge in [0.25, 0.3) is 5.91 Å². The summed E-state index contributed by atoms with van der Waals surface area (Å²) in [7, 11) is 1.71. The van der Waals surface area contributed by atoms with E-state index in [4.69, 9.17) is 4.42 Å². The van der Waals surface area contributed by atoms with Crippen molar-refractivity contribution in [2.24, 2.45) is 7.05 Å². The summed E-state index contributed by atoms with van der Waals surface area (Å²) in [6, 6.07) is 4.46. The maximum Gasteiger partial charge on any atom is 0.280 e. The third kappa shape index (κ3) is 3.14. The smallest absolute Gasteiger partial charge is 0.280 e. The minimum Gasteiger partial charge on any atom is -0.444 e. The molecule has 0 aliphatic rings. The zero-order valence-electron chi connectivity index (χ0n) is 12.2. The van der Waals surface area contributed by atoms with E-state index in [-0.39, 0.29) is 23.1 Å². The van der Waals surface area contributed by atoms with Gasteiger partial charge in [-0.2, -0.15) is 4.98 Å². The monoisotopic (exact) mass is 379 g/mol. The van der Waals surface area contributed by atoms with E-state index in [1.54, 1.807) is 20.0 Å². The Labute approximate surface area is 138 Å². The molecule has 118 valence electrons. The SMILES string of the molecule is Cc1nc(NC(=O)c2coc(-c3ccc(Br)cc3F)n2)nn1C. The second-order valence-electron chi connectivity index (χ2n) is 4.72. The molecule has 1 amide bonds. The van der Waals surface area contributed by atoms with Crippen molar-refractivity contribution < 1.29 is 13.6 Å². The minimum absolute atomic E-state index is 0.00687. The molecule has 1 aromatic carbocycles. The van der Waals surface area contributed by atoms with Gasteiger partial charge in [0.05, 0.1) is 5.56 Å². The van der Waals surface area contributed by atoms with Crippen LogP contribution in [0.3, 0.4) is 0 Å². The zero-order valence-corrected chi connectivity index (χ0v) is 13.8. The summed E-state index contributed by atoms with van der Waals surface area (Å²) in [5.41, 5.74) is 0.173. The van der Waals surface area contributed by atoms with E-state index in [0.717, 1.165) is 6.26 Å². The van der Waals surface area contributed by atoms with Gasteiger partial charge in [-0.15, -0.1) is 5.10 Å². The number of amides is 1. The number of rotatable bonds is 3. The van der Waals surface area contributed by atoms with Crippen LogP contribution in [0.2, 0.25) is 0 Å². The first-order chi connectivity index (χ1) is 10.9. The van der Waals surface area contributed by atoms with E-state index < -0.39 is 11.7 Å². The van der Waals surface area contributed by atoms with Crippen LogP contribution in [0.1, 0.15) is 16.3 Å². The molecule has 0 saturated heterocycles. The van der Waals surface area contributed by atoms with E-state index in [1.165, 1.54) is 16.8 Å². The van der Waals surface area contributed by atoms with Crippen LogP contribution in [0.4, 0.5) is 10.3 Å². The van der Waals surface area contributed by atoms with Crippen LogP contribution in [-0.4, -0.2) is 25.7 Å². The third-order valence-electron chi connectivity index (χ3n) is 3.10. The summed E-state index contributed by atoms with van der Waals surface area (Å²) in [4.78, 5) is 20.2. The first-order valence-electron chi connectivity index (χ1n) is 6.54. The molecule has 3 rings (SSSR count). The van der Waals surface area contributed by atoms with E-state index >= 15 is 0 Å². The standard InChI is InChI=1S/C14H11BrFN5O2/c1-7-17-14(20-21(7)2)19-12(22)11-6-23-13(18-11)9-4-3-8(15)5-10(9)16/h3-6H,1-2H3,(H,19,20,22). The lowest BCUT2D eigenvalue weighted by molar-refractivity contribution is 0.102. The number of oxazole rings is 1. The van der Waals surface area contributed by atoms with Gasteiger partial charge in [0.15, 0.2) is 5.69 Å². The van der Waals surface area contributed by atoms with Gasteiger partial charge in [-0.05, 0) is 25.1 Å². The van der Waals surface area contributed by atoms with Gasteiger partial charge in [0.2, 0.25) is 11.8 Å². The quantitative estimate of drug-likeness (QED) is 0.755. The average molecular weight is 380 g/mol. The fourth-order valence-corrected chi connectivity index (χ4v) is 2.18. The highest BCUT2D eigenvalue weighted by atomic mass is 79.9. The van der Waals surface area contributed by atoms with Crippen molar-refractivity contribution in [1.29, 1.82) is 0 Å². The van der Waals surface area contributed by atoms with E-state index in [9.17, 15) is 9.18 Å². The Balaban J connectivity index is 1.82. The van der Waals surface area contributed by atoms with E-state index in [2.05, 4.69) is 36.3 Å². The molecular formula is C14H11BrFN5O2. The largest absolute Gasteiger partial charge is 0.444 e. The number of carbonyl (C=O) groups excluding carboxylic acids is 1. The first-order valence-corrected chi connectivity index (χ1v) is 7.33. The van der Waals surface area contributed by atoms with Crippen molar-refractivity contribution in [2.45, 2.75) is 6.92 Å². The summed E-state index contributed by atoms with van der Waals surface area (Å²) >= 11 is 3.17. The van der Waals surface area contributed by atoms with Crippen LogP contribution in [0.25, 0.3) is 11.5 Å². The number of aromatic nitrogens is 4. The molecule has 0 saturated carbocycles. The number of hydrogen-bond acceptors (Lipinski definition) is 5. The highest BCUT2D eigenvalue weighted by molar-refractivity contribution is 9.10. The van der Waals surface area contributed by atoms with Crippen molar-refractivity contribution in [2.75, 3.05) is 5.32 Å². The molecule has 0 fully saturated rings. The Bertz CT molecular complexity index is 870. The molecule has 23 heavy (non-hydrogen) atoms. The minimum atomic E-state index is -0.539. The van der Waals surface area contributed by atoms with Crippen LogP contribution in [0.5, 0.6) is 0 Å². The second kappa shape index (κ2) is 5.92. The molecule has 0 radical (unpaired) electrons. The maximum absolute atomic E-state index is 13.9. The maximum atomic E-state index is 13.9. The van der Waals surface area contributed by atoms with E-state index in [1.807, 2.05) is 0 Å².